The number of halogens is 1. The Balaban J connectivity index is 1.34. The number of ketones is 1. The predicted molar refractivity (Wildman–Crippen MR) is 143 cm³/mol. The van der Waals surface area contributed by atoms with Crippen LogP contribution >= 0.6 is 0 Å². The van der Waals surface area contributed by atoms with Crippen LogP contribution in [-0.2, 0) is 16.1 Å². The molecule has 9 heteroatoms. The number of nitrogens with zero attached hydrogens (tertiary/aromatic N) is 4. The Morgan fingerprint density at radius 1 is 0.974 bits per heavy atom. The van der Waals surface area contributed by atoms with Crippen LogP contribution in [0.1, 0.15) is 59.7 Å². The third-order valence-corrected chi connectivity index (χ3v) is 8.26. The molecule has 1 unspecified atom stereocenters. The minimum Gasteiger partial charge on any atom is -0.336 e. The number of benzene rings is 2. The Morgan fingerprint density at radius 2 is 1.66 bits per heavy atom. The van der Waals surface area contributed by atoms with Gasteiger partial charge < -0.3 is 14.8 Å². The fourth-order valence-corrected chi connectivity index (χ4v) is 5.99. The molecular formula is C29H36FN5O3. The van der Waals surface area contributed by atoms with Gasteiger partial charge in [0.2, 0.25) is 5.78 Å². The molecule has 2 fully saturated rings. The van der Waals surface area contributed by atoms with Crippen molar-refractivity contribution in [2.75, 3.05) is 37.7 Å². The summed E-state index contributed by atoms with van der Waals surface area (Å²) in [5, 5.41) is 1.51. The lowest BCUT2D eigenvalue weighted by atomic mass is 9.92. The quantitative estimate of drug-likeness (QED) is 0.481. The molecule has 0 radical (unpaired) electrons. The van der Waals surface area contributed by atoms with Crippen molar-refractivity contribution in [3.05, 3.63) is 64.5 Å². The molecule has 2 aromatic rings. The van der Waals surface area contributed by atoms with E-state index in [0.717, 1.165) is 24.0 Å². The summed E-state index contributed by atoms with van der Waals surface area (Å²) in [7, 11) is 0. The molecule has 8 nitrogen and oxygen atoms in total. The Labute approximate surface area is 223 Å². The molecule has 38 heavy (non-hydrogen) atoms. The van der Waals surface area contributed by atoms with Gasteiger partial charge in [-0.1, -0.05) is 12.1 Å². The number of hydrogen-bond donors (Lipinski definition) is 1. The van der Waals surface area contributed by atoms with E-state index in [1.165, 1.54) is 17.1 Å². The molecule has 0 aliphatic carbocycles. The van der Waals surface area contributed by atoms with Crippen molar-refractivity contribution in [1.29, 1.82) is 0 Å². The van der Waals surface area contributed by atoms with Crippen LogP contribution in [0.4, 0.5) is 10.1 Å². The van der Waals surface area contributed by atoms with Gasteiger partial charge in [-0.2, -0.15) is 0 Å². The van der Waals surface area contributed by atoms with E-state index >= 15 is 0 Å². The van der Waals surface area contributed by atoms with Crippen LogP contribution in [0.2, 0.25) is 0 Å². The zero-order valence-electron chi connectivity index (χ0n) is 22.3. The highest BCUT2D eigenvalue weighted by atomic mass is 19.1. The van der Waals surface area contributed by atoms with Crippen molar-refractivity contribution in [2.45, 2.75) is 58.2 Å². The summed E-state index contributed by atoms with van der Waals surface area (Å²) in [5.41, 5.74) is 3.70. The molecule has 2 aromatic carbocycles. The zero-order valence-corrected chi connectivity index (χ0v) is 22.3. The van der Waals surface area contributed by atoms with Crippen molar-refractivity contribution in [1.82, 2.24) is 14.7 Å². The fourth-order valence-electron chi connectivity index (χ4n) is 5.99. The van der Waals surface area contributed by atoms with Crippen molar-refractivity contribution in [3.8, 4) is 0 Å². The van der Waals surface area contributed by atoms with Crippen molar-refractivity contribution in [3.63, 3.8) is 0 Å². The monoisotopic (exact) mass is 521 g/mol. The molecule has 0 bridgehead atoms. The van der Waals surface area contributed by atoms with Crippen molar-refractivity contribution >= 4 is 23.3 Å². The molecule has 0 saturated carbocycles. The molecule has 2 N–H and O–H groups in total. The van der Waals surface area contributed by atoms with E-state index < -0.39 is 17.6 Å². The smallest absolute Gasteiger partial charge is 0.290 e. The van der Waals surface area contributed by atoms with Gasteiger partial charge >= 0.3 is 0 Å². The average molecular weight is 522 g/mol. The highest BCUT2D eigenvalue weighted by Crippen LogP contribution is 2.38. The minimum atomic E-state index is -0.681. The van der Waals surface area contributed by atoms with E-state index in [0.29, 0.717) is 49.5 Å². The maximum Gasteiger partial charge on any atom is 0.290 e. The second-order valence-corrected chi connectivity index (χ2v) is 11.0. The molecule has 2 saturated heterocycles. The average Bonchev–Trinajstić information content (AvgIpc) is 3.54. The van der Waals surface area contributed by atoms with Crippen LogP contribution in [0, 0.1) is 12.7 Å². The number of anilines is 1. The molecule has 2 amide bonds. The molecule has 3 atom stereocenters. The number of amides is 2. The summed E-state index contributed by atoms with van der Waals surface area (Å²) in [6.07, 6.45) is 1.82. The highest BCUT2D eigenvalue weighted by molar-refractivity contribution is 6.38. The Hall–Kier alpha value is -3.30. The van der Waals surface area contributed by atoms with E-state index in [2.05, 4.69) is 11.8 Å². The lowest BCUT2D eigenvalue weighted by molar-refractivity contribution is -0.144. The van der Waals surface area contributed by atoms with Gasteiger partial charge in [0.05, 0.1) is 11.6 Å². The van der Waals surface area contributed by atoms with Crippen LogP contribution in [0.3, 0.4) is 0 Å². The number of aryl methyl sites for hydroxylation is 1. The van der Waals surface area contributed by atoms with Gasteiger partial charge in [-0.25, -0.2) is 10.2 Å². The van der Waals surface area contributed by atoms with Gasteiger partial charge in [0.1, 0.15) is 5.82 Å². The lowest BCUT2D eigenvalue weighted by Crippen LogP contribution is -2.57. The number of carbonyl (C=O) groups is 3. The van der Waals surface area contributed by atoms with Gasteiger partial charge in [0.15, 0.2) is 0 Å². The van der Waals surface area contributed by atoms with Crippen LogP contribution in [0.25, 0.3) is 0 Å². The number of carbonyl (C=O) groups excluding carboxylic acids is 3. The largest absolute Gasteiger partial charge is 0.336 e. The van der Waals surface area contributed by atoms with E-state index in [-0.39, 0.29) is 30.4 Å². The number of fused-ring (bicyclic) bond motifs is 1. The highest BCUT2D eigenvalue weighted by Gasteiger charge is 2.40. The van der Waals surface area contributed by atoms with Gasteiger partial charge in [-0.3, -0.25) is 19.3 Å². The summed E-state index contributed by atoms with van der Waals surface area (Å²) >= 11 is 0. The van der Waals surface area contributed by atoms with Crippen LogP contribution in [0.5, 0.6) is 0 Å². The molecular weight excluding hydrogens is 485 g/mol. The molecule has 0 aromatic heterocycles. The second kappa shape index (κ2) is 10.5. The zero-order chi connectivity index (χ0) is 27.1. The van der Waals surface area contributed by atoms with Crippen LogP contribution < -0.4 is 10.9 Å². The Morgan fingerprint density at radius 3 is 2.34 bits per heavy atom. The van der Waals surface area contributed by atoms with Crippen LogP contribution in [-0.4, -0.2) is 77.1 Å². The van der Waals surface area contributed by atoms with Gasteiger partial charge in [0.25, 0.3) is 11.8 Å². The molecule has 5 rings (SSSR count). The minimum absolute atomic E-state index is 0.0352. The molecule has 202 valence electrons. The Kier molecular flexibility index (Phi) is 7.24. The van der Waals surface area contributed by atoms with Crippen LogP contribution in [0.15, 0.2) is 36.4 Å². The maximum absolute atomic E-state index is 13.8. The standard InChI is InChI=1S/C29H36FN5O3/c1-18-12-26-24(25(17-35(26)31)27(36)29(38)32-10-4-5-11-32)13-23(18)28(37)34-15-19(2)33(14-20(34)3)16-21-6-8-22(30)9-7-21/h6-9,12-13,19-20,25H,4-5,10-11,14-17,31H2,1-3H3/t19-,20+,25?/m0/s1. The second-order valence-electron chi connectivity index (χ2n) is 11.0. The van der Waals surface area contributed by atoms with E-state index in [9.17, 15) is 18.8 Å². The number of piperazine rings is 1. The van der Waals surface area contributed by atoms with Gasteiger partial charge in [-0.05, 0) is 74.6 Å². The predicted octanol–water partition coefficient (Wildman–Crippen LogP) is 2.84. The summed E-state index contributed by atoms with van der Waals surface area (Å²) in [6.45, 7) is 9.38. The van der Waals surface area contributed by atoms with E-state index in [1.807, 2.05) is 24.8 Å². The SMILES string of the molecule is Cc1cc2c(cc1C(=O)N1C[C@H](C)N(Cc3ccc(F)cc3)C[C@H]1C)C(C(=O)C(=O)N1CCCC1)CN2N. The lowest BCUT2D eigenvalue weighted by Gasteiger charge is -2.44. The topological polar surface area (TPSA) is 90.2 Å². The van der Waals surface area contributed by atoms with Gasteiger partial charge in [0, 0.05) is 56.9 Å². The third-order valence-electron chi connectivity index (χ3n) is 8.26. The number of hydrogen-bond acceptors (Lipinski definition) is 6. The first-order valence-corrected chi connectivity index (χ1v) is 13.4. The van der Waals surface area contributed by atoms with Crippen molar-refractivity contribution < 1.29 is 18.8 Å². The number of rotatable bonds is 5. The Bertz CT molecular complexity index is 1240. The number of nitrogens with two attached hydrogens (primary N) is 1. The normalized spacial score (nSPS) is 23.6. The maximum atomic E-state index is 13.8. The number of likely N-dealkylation sites (tertiary alicyclic amines) is 1. The first-order valence-electron chi connectivity index (χ1n) is 13.4. The van der Waals surface area contributed by atoms with E-state index in [1.54, 1.807) is 23.1 Å². The summed E-state index contributed by atoms with van der Waals surface area (Å²) in [4.78, 5) is 45.7. The van der Waals surface area contributed by atoms with E-state index in [4.69, 9.17) is 5.84 Å². The fraction of sp³-hybridized carbons (Fsp3) is 0.483. The molecule has 0 spiro atoms. The number of hydrazine groups is 1. The van der Waals surface area contributed by atoms with Crippen molar-refractivity contribution in [2.24, 2.45) is 5.84 Å². The molecule has 3 heterocycles. The van der Waals surface area contributed by atoms with Gasteiger partial charge in [-0.15, -0.1) is 0 Å². The summed E-state index contributed by atoms with van der Waals surface area (Å²) in [5.74, 6) is 4.29. The summed E-state index contributed by atoms with van der Waals surface area (Å²) < 4.78 is 13.3. The first kappa shape index (κ1) is 26.3. The molecule has 3 aliphatic rings. The first-order chi connectivity index (χ1) is 18.1. The third kappa shape index (κ3) is 4.92. The number of Topliss-reactive ketones (excluding diaryl/α,β-unsaturated/α-hetero) is 1. The summed E-state index contributed by atoms with van der Waals surface area (Å²) in [6, 6.07) is 10.2. The molecule has 3 aliphatic heterocycles.